The van der Waals surface area contributed by atoms with Crippen LogP contribution in [0.4, 0.5) is 0 Å². The van der Waals surface area contributed by atoms with Crippen molar-refractivity contribution in [2.75, 3.05) is 14.1 Å². The molecular formula is C10H12N2O2S. The molecular weight excluding hydrogens is 212 g/mol. The highest BCUT2D eigenvalue weighted by Gasteiger charge is 2.19. The number of H-pyrrole nitrogens is 1. The molecule has 5 heteroatoms. The smallest absolute Gasteiger partial charge is 0.258 e. The Labute approximate surface area is 88.6 Å². The second-order valence-corrected chi connectivity index (χ2v) is 5.63. The Bertz CT molecular complexity index is 551. The molecule has 0 aliphatic carbocycles. The van der Waals surface area contributed by atoms with E-state index in [1.807, 2.05) is 24.3 Å². The van der Waals surface area contributed by atoms with Crippen molar-refractivity contribution >= 4 is 20.9 Å². The number of hydrogen-bond donors (Lipinski definition) is 1. The number of nitrogens with zero attached hydrogens (tertiary/aromatic N) is 1. The van der Waals surface area contributed by atoms with E-state index in [0.717, 1.165) is 10.9 Å². The Morgan fingerprint density at radius 2 is 1.87 bits per heavy atom. The lowest BCUT2D eigenvalue weighted by atomic mass is 10.3. The summed E-state index contributed by atoms with van der Waals surface area (Å²) in [5.41, 5.74) is 0.831. The lowest BCUT2D eigenvalue weighted by Crippen LogP contribution is -2.22. The van der Waals surface area contributed by atoms with Crippen LogP contribution in [-0.2, 0) is 10.0 Å². The predicted octanol–water partition coefficient (Wildman–Crippen LogP) is 1.42. The fourth-order valence-corrected chi connectivity index (χ4v) is 2.29. The van der Waals surface area contributed by atoms with Gasteiger partial charge in [0.05, 0.1) is 0 Å². The Morgan fingerprint density at radius 1 is 1.20 bits per heavy atom. The van der Waals surface area contributed by atoms with E-state index in [-0.39, 0.29) is 5.03 Å². The van der Waals surface area contributed by atoms with Crippen LogP contribution in [0.3, 0.4) is 0 Å². The third-order valence-corrected chi connectivity index (χ3v) is 4.00. The third-order valence-electron chi connectivity index (χ3n) is 2.26. The van der Waals surface area contributed by atoms with E-state index in [0.29, 0.717) is 0 Å². The maximum Gasteiger partial charge on any atom is 0.258 e. The average molecular weight is 224 g/mol. The molecule has 2 aromatic rings. The maximum absolute atomic E-state index is 11.8. The van der Waals surface area contributed by atoms with Crippen molar-refractivity contribution in [1.82, 2.24) is 9.29 Å². The second kappa shape index (κ2) is 3.36. The van der Waals surface area contributed by atoms with E-state index < -0.39 is 10.0 Å². The van der Waals surface area contributed by atoms with Gasteiger partial charge in [-0.2, -0.15) is 0 Å². The number of para-hydroxylation sites is 1. The lowest BCUT2D eigenvalue weighted by molar-refractivity contribution is 0.518. The first-order valence-electron chi connectivity index (χ1n) is 4.52. The topological polar surface area (TPSA) is 53.2 Å². The largest absolute Gasteiger partial charge is 0.345 e. The molecule has 0 radical (unpaired) electrons. The summed E-state index contributed by atoms with van der Waals surface area (Å²) in [6, 6.07) is 9.11. The van der Waals surface area contributed by atoms with Crippen LogP contribution in [0.25, 0.3) is 10.9 Å². The molecule has 1 aromatic heterocycles. The summed E-state index contributed by atoms with van der Waals surface area (Å²) in [5, 5.41) is 1.13. The molecule has 0 saturated heterocycles. The van der Waals surface area contributed by atoms with Gasteiger partial charge in [0.15, 0.2) is 0 Å². The van der Waals surface area contributed by atoms with E-state index >= 15 is 0 Å². The molecule has 80 valence electrons. The van der Waals surface area contributed by atoms with E-state index in [4.69, 9.17) is 0 Å². The number of hydrogen-bond acceptors (Lipinski definition) is 2. The minimum Gasteiger partial charge on any atom is -0.345 e. The molecule has 0 spiro atoms. The van der Waals surface area contributed by atoms with Crippen molar-refractivity contribution in [3.05, 3.63) is 30.3 Å². The van der Waals surface area contributed by atoms with Crippen LogP contribution in [0.5, 0.6) is 0 Å². The van der Waals surface area contributed by atoms with Gasteiger partial charge in [-0.05, 0) is 12.1 Å². The summed E-state index contributed by atoms with van der Waals surface area (Å²) >= 11 is 0. The number of fused-ring (bicyclic) bond motifs is 1. The molecule has 1 heterocycles. The number of benzene rings is 1. The Balaban J connectivity index is 2.64. The zero-order valence-electron chi connectivity index (χ0n) is 8.56. The molecule has 4 nitrogen and oxygen atoms in total. The molecule has 0 saturated carbocycles. The number of aromatic nitrogens is 1. The van der Waals surface area contributed by atoms with Gasteiger partial charge in [-0.25, -0.2) is 12.7 Å². The monoisotopic (exact) mass is 224 g/mol. The SMILES string of the molecule is CN(C)S(=O)(=O)c1cc2ccccc2[nH]1. The summed E-state index contributed by atoms with van der Waals surface area (Å²) in [7, 11) is -0.332. The predicted molar refractivity (Wildman–Crippen MR) is 59.2 cm³/mol. The van der Waals surface area contributed by atoms with Crippen molar-refractivity contribution in [1.29, 1.82) is 0 Å². The lowest BCUT2D eigenvalue weighted by Gasteiger charge is -2.08. The summed E-state index contributed by atoms with van der Waals surface area (Å²) in [4.78, 5) is 2.89. The van der Waals surface area contributed by atoms with Crippen molar-refractivity contribution in [2.24, 2.45) is 0 Å². The van der Waals surface area contributed by atoms with E-state index in [1.165, 1.54) is 18.4 Å². The van der Waals surface area contributed by atoms with Gasteiger partial charge < -0.3 is 4.98 Å². The van der Waals surface area contributed by atoms with Crippen LogP contribution in [0.1, 0.15) is 0 Å². The van der Waals surface area contributed by atoms with Crippen LogP contribution in [-0.4, -0.2) is 31.8 Å². The molecule has 0 aliphatic heterocycles. The quantitative estimate of drug-likeness (QED) is 0.838. The highest BCUT2D eigenvalue weighted by atomic mass is 32.2. The molecule has 0 amide bonds. The first kappa shape index (κ1) is 10.2. The first-order chi connectivity index (χ1) is 7.01. The zero-order chi connectivity index (χ0) is 11.1. The molecule has 0 bridgehead atoms. The molecule has 1 N–H and O–H groups in total. The van der Waals surface area contributed by atoms with Crippen LogP contribution in [0.2, 0.25) is 0 Å². The number of nitrogens with one attached hydrogen (secondary N) is 1. The van der Waals surface area contributed by atoms with Gasteiger partial charge in [0.2, 0.25) is 0 Å². The van der Waals surface area contributed by atoms with Crippen LogP contribution >= 0.6 is 0 Å². The van der Waals surface area contributed by atoms with Gasteiger partial charge in [-0.3, -0.25) is 0 Å². The Morgan fingerprint density at radius 3 is 2.47 bits per heavy atom. The van der Waals surface area contributed by atoms with Gasteiger partial charge >= 0.3 is 0 Å². The number of sulfonamides is 1. The fourth-order valence-electron chi connectivity index (χ4n) is 1.38. The molecule has 1 aromatic carbocycles. The first-order valence-corrected chi connectivity index (χ1v) is 5.96. The minimum absolute atomic E-state index is 0.230. The standard InChI is InChI=1S/C10H12N2O2S/c1-12(2)15(13,14)10-7-8-5-3-4-6-9(8)11-10/h3-7,11H,1-2H3. The van der Waals surface area contributed by atoms with Gasteiger partial charge in [0.25, 0.3) is 10.0 Å². The summed E-state index contributed by atoms with van der Waals surface area (Å²) in [6.45, 7) is 0. The minimum atomic E-state index is -3.36. The number of rotatable bonds is 2. The molecule has 2 rings (SSSR count). The molecule has 0 unspecified atom stereocenters. The highest BCUT2D eigenvalue weighted by Crippen LogP contribution is 2.19. The summed E-state index contributed by atoms with van der Waals surface area (Å²) in [6.07, 6.45) is 0. The Kier molecular flexibility index (Phi) is 2.28. The zero-order valence-corrected chi connectivity index (χ0v) is 9.38. The van der Waals surface area contributed by atoms with E-state index in [2.05, 4.69) is 4.98 Å². The molecule has 15 heavy (non-hydrogen) atoms. The summed E-state index contributed by atoms with van der Waals surface area (Å²) < 4.78 is 24.8. The van der Waals surface area contributed by atoms with Crippen LogP contribution < -0.4 is 0 Å². The molecule has 0 aliphatic rings. The third kappa shape index (κ3) is 1.64. The normalized spacial score (nSPS) is 12.5. The van der Waals surface area contributed by atoms with Crippen LogP contribution in [0.15, 0.2) is 35.4 Å². The fraction of sp³-hybridized carbons (Fsp3) is 0.200. The van der Waals surface area contributed by atoms with Gasteiger partial charge in [-0.15, -0.1) is 0 Å². The Hall–Kier alpha value is -1.33. The highest BCUT2D eigenvalue weighted by molar-refractivity contribution is 7.89. The van der Waals surface area contributed by atoms with Gasteiger partial charge in [0, 0.05) is 25.0 Å². The van der Waals surface area contributed by atoms with Gasteiger partial charge in [-0.1, -0.05) is 18.2 Å². The molecule has 0 fully saturated rings. The van der Waals surface area contributed by atoms with Crippen molar-refractivity contribution in [3.63, 3.8) is 0 Å². The van der Waals surface area contributed by atoms with E-state index in [1.54, 1.807) is 6.07 Å². The van der Waals surface area contributed by atoms with Crippen molar-refractivity contribution in [2.45, 2.75) is 5.03 Å². The number of aromatic amines is 1. The molecule has 0 atom stereocenters. The van der Waals surface area contributed by atoms with Crippen molar-refractivity contribution < 1.29 is 8.42 Å². The summed E-state index contributed by atoms with van der Waals surface area (Å²) in [5.74, 6) is 0. The van der Waals surface area contributed by atoms with Crippen LogP contribution in [0, 0.1) is 0 Å². The second-order valence-electron chi connectivity index (χ2n) is 3.51. The van der Waals surface area contributed by atoms with E-state index in [9.17, 15) is 8.42 Å². The van der Waals surface area contributed by atoms with Crippen molar-refractivity contribution in [3.8, 4) is 0 Å². The van der Waals surface area contributed by atoms with Gasteiger partial charge in [0.1, 0.15) is 5.03 Å². The average Bonchev–Trinajstić information content (AvgIpc) is 2.61. The maximum atomic E-state index is 11.8.